The van der Waals surface area contributed by atoms with Gasteiger partial charge in [-0.2, -0.15) is 0 Å². The normalized spacial score (nSPS) is 10.3. The van der Waals surface area contributed by atoms with Gasteiger partial charge in [0.2, 0.25) is 0 Å². The molecule has 0 aliphatic carbocycles. The third-order valence-electron chi connectivity index (χ3n) is 2.42. The van der Waals surface area contributed by atoms with Gasteiger partial charge >= 0.3 is 0 Å². The Labute approximate surface area is 112 Å². The first-order valence-corrected chi connectivity index (χ1v) is 7.12. The van der Waals surface area contributed by atoms with E-state index in [1.54, 1.807) is 0 Å². The Bertz CT molecular complexity index is 326. The standard InChI is InChI=1S/C14H21BrO2/c1-3-5-9-16-13-8-7-12(15)11-14(13)17-10-6-4-2/h7-8,11H,3-6,9-10H2,1-2H3. The molecular weight excluding hydrogens is 280 g/mol. The fraction of sp³-hybridized carbons (Fsp3) is 0.571. The highest BCUT2D eigenvalue weighted by Gasteiger charge is 2.05. The summed E-state index contributed by atoms with van der Waals surface area (Å²) < 4.78 is 12.5. The van der Waals surface area contributed by atoms with Crippen LogP contribution in [0.25, 0.3) is 0 Å². The maximum absolute atomic E-state index is 5.73. The zero-order valence-electron chi connectivity index (χ0n) is 10.7. The van der Waals surface area contributed by atoms with Crippen LogP contribution in [0.1, 0.15) is 39.5 Å². The summed E-state index contributed by atoms with van der Waals surface area (Å²) in [7, 11) is 0. The number of benzene rings is 1. The lowest BCUT2D eigenvalue weighted by Gasteiger charge is -2.12. The first-order chi connectivity index (χ1) is 8.27. The molecule has 1 rings (SSSR count). The molecule has 0 bridgehead atoms. The number of unbranched alkanes of at least 4 members (excludes halogenated alkanes) is 2. The Balaban J connectivity index is 2.59. The lowest BCUT2D eigenvalue weighted by Crippen LogP contribution is -2.02. The quantitative estimate of drug-likeness (QED) is 0.642. The van der Waals surface area contributed by atoms with Crippen molar-refractivity contribution in [2.75, 3.05) is 13.2 Å². The van der Waals surface area contributed by atoms with Crippen molar-refractivity contribution in [1.29, 1.82) is 0 Å². The molecule has 0 spiro atoms. The summed E-state index contributed by atoms with van der Waals surface area (Å²) in [6, 6.07) is 5.91. The van der Waals surface area contributed by atoms with Crippen LogP contribution in [0.15, 0.2) is 22.7 Å². The number of hydrogen-bond donors (Lipinski definition) is 0. The maximum atomic E-state index is 5.73. The van der Waals surface area contributed by atoms with Gasteiger partial charge in [0.25, 0.3) is 0 Å². The molecule has 0 atom stereocenters. The van der Waals surface area contributed by atoms with Crippen molar-refractivity contribution in [2.24, 2.45) is 0 Å². The van der Waals surface area contributed by atoms with E-state index in [2.05, 4.69) is 29.8 Å². The monoisotopic (exact) mass is 300 g/mol. The summed E-state index contributed by atoms with van der Waals surface area (Å²) in [5.74, 6) is 1.68. The molecule has 0 aliphatic rings. The van der Waals surface area contributed by atoms with Crippen LogP contribution in [0.4, 0.5) is 0 Å². The van der Waals surface area contributed by atoms with Crippen molar-refractivity contribution < 1.29 is 9.47 Å². The largest absolute Gasteiger partial charge is 0.490 e. The van der Waals surface area contributed by atoms with Crippen molar-refractivity contribution in [3.05, 3.63) is 22.7 Å². The second-order valence-electron chi connectivity index (χ2n) is 4.00. The van der Waals surface area contributed by atoms with Crippen LogP contribution in [0.3, 0.4) is 0 Å². The molecule has 3 heteroatoms. The zero-order chi connectivity index (χ0) is 12.5. The van der Waals surface area contributed by atoms with Gasteiger partial charge in [-0.25, -0.2) is 0 Å². The highest BCUT2D eigenvalue weighted by atomic mass is 79.9. The molecule has 0 aliphatic heterocycles. The van der Waals surface area contributed by atoms with Crippen LogP contribution in [0, 0.1) is 0 Å². The summed E-state index contributed by atoms with van der Waals surface area (Å²) in [5.41, 5.74) is 0. The van der Waals surface area contributed by atoms with Crippen LogP contribution in [-0.4, -0.2) is 13.2 Å². The van der Waals surface area contributed by atoms with Gasteiger partial charge in [-0.15, -0.1) is 0 Å². The summed E-state index contributed by atoms with van der Waals surface area (Å²) in [4.78, 5) is 0. The predicted octanol–water partition coefficient (Wildman–Crippen LogP) is 4.81. The summed E-state index contributed by atoms with van der Waals surface area (Å²) >= 11 is 3.45. The molecule has 0 fully saturated rings. The molecule has 96 valence electrons. The van der Waals surface area contributed by atoms with E-state index in [4.69, 9.17) is 9.47 Å². The van der Waals surface area contributed by atoms with E-state index in [9.17, 15) is 0 Å². The first-order valence-electron chi connectivity index (χ1n) is 6.33. The van der Waals surface area contributed by atoms with E-state index in [0.717, 1.165) is 54.9 Å². The topological polar surface area (TPSA) is 18.5 Å². The van der Waals surface area contributed by atoms with Gasteiger partial charge in [-0.3, -0.25) is 0 Å². The minimum Gasteiger partial charge on any atom is -0.490 e. The maximum Gasteiger partial charge on any atom is 0.162 e. The molecular formula is C14H21BrO2. The van der Waals surface area contributed by atoms with Crippen molar-refractivity contribution in [2.45, 2.75) is 39.5 Å². The Hall–Kier alpha value is -0.700. The Morgan fingerprint density at radius 2 is 1.53 bits per heavy atom. The van der Waals surface area contributed by atoms with E-state index in [0.29, 0.717) is 0 Å². The van der Waals surface area contributed by atoms with Gasteiger partial charge in [0, 0.05) is 4.47 Å². The first kappa shape index (κ1) is 14.4. The van der Waals surface area contributed by atoms with E-state index in [-0.39, 0.29) is 0 Å². The fourth-order valence-corrected chi connectivity index (χ4v) is 1.71. The Morgan fingerprint density at radius 3 is 2.12 bits per heavy atom. The van der Waals surface area contributed by atoms with Gasteiger partial charge < -0.3 is 9.47 Å². The molecule has 0 unspecified atom stereocenters. The van der Waals surface area contributed by atoms with E-state index in [1.165, 1.54) is 0 Å². The van der Waals surface area contributed by atoms with Crippen LogP contribution >= 0.6 is 15.9 Å². The second kappa shape index (κ2) is 8.40. The van der Waals surface area contributed by atoms with Crippen molar-refractivity contribution in [1.82, 2.24) is 0 Å². The summed E-state index contributed by atoms with van der Waals surface area (Å²) in [5, 5.41) is 0. The molecule has 0 heterocycles. The van der Waals surface area contributed by atoms with Crippen molar-refractivity contribution in [3.8, 4) is 11.5 Å². The van der Waals surface area contributed by atoms with Crippen LogP contribution in [0.2, 0.25) is 0 Å². The average Bonchev–Trinajstić information content (AvgIpc) is 2.32. The molecule has 0 saturated heterocycles. The van der Waals surface area contributed by atoms with E-state index >= 15 is 0 Å². The van der Waals surface area contributed by atoms with E-state index in [1.807, 2.05) is 18.2 Å². The van der Waals surface area contributed by atoms with Gasteiger partial charge in [0.15, 0.2) is 11.5 Å². The van der Waals surface area contributed by atoms with Crippen molar-refractivity contribution >= 4 is 15.9 Å². The number of hydrogen-bond acceptors (Lipinski definition) is 2. The molecule has 17 heavy (non-hydrogen) atoms. The van der Waals surface area contributed by atoms with Crippen molar-refractivity contribution in [3.63, 3.8) is 0 Å². The molecule has 1 aromatic carbocycles. The molecule has 0 aromatic heterocycles. The highest BCUT2D eigenvalue weighted by Crippen LogP contribution is 2.30. The minimum atomic E-state index is 0.747. The van der Waals surface area contributed by atoms with Crippen LogP contribution in [0.5, 0.6) is 11.5 Å². The number of halogens is 1. The fourth-order valence-electron chi connectivity index (χ4n) is 1.37. The molecule has 1 aromatic rings. The lowest BCUT2D eigenvalue weighted by molar-refractivity contribution is 0.262. The Morgan fingerprint density at radius 1 is 0.941 bits per heavy atom. The highest BCUT2D eigenvalue weighted by molar-refractivity contribution is 9.10. The third-order valence-corrected chi connectivity index (χ3v) is 2.91. The zero-order valence-corrected chi connectivity index (χ0v) is 12.3. The Kier molecular flexibility index (Phi) is 7.10. The SMILES string of the molecule is CCCCOc1ccc(Br)cc1OCCCC. The molecule has 0 N–H and O–H groups in total. The van der Waals surface area contributed by atoms with Gasteiger partial charge in [0.1, 0.15) is 0 Å². The van der Waals surface area contributed by atoms with E-state index < -0.39 is 0 Å². The molecule has 2 nitrogen and oxygen atoms in total. The molecule has 0 radical (unpaired) electrons. The minimum absolute atomic E-state index is 0.747. The average molecular weight is 301 g/mol. The van der Waals surface area contributed by atoms with Crippen LogP contribution < -0.4 is 9.47 Å². The second-order valence-corrected chi connectivity index (χ2v) is 4.91. The smallest absolute Gasteiger partial charge is 0.162 e. The lowest BCUT2D eigenvalue weighted by atomic mass is 10.3. The van der Waals surface area contributed by atoms with Crippen LogP contribution in [-0.2, 0) is 0 Å². The number of rotatable bonds is 8. The summed E-state index contributed by atoms with van der Waals surface area (Å²) in [6.07, 6.45) is 4.42. The summed E-state index contributed by atoms with van der Waals surface area (Å²) in [6.45, 7) is 5.81. The molecule has 0 saturated carbocycles. The van der Waals surface area contributed by atoms with Gasteiger partial charge in [-0.05, 0) is 31.0 Å². The third kappa shape index (κ3) is 5.44. The van der Waals surface area contributed by atoms with Gasteiger partial charge in [0.05, 0.1) is 13.2 Å². The van der Waals surface area contributed by atoms with Gasteiger partial charge in [-0.1, -0.05) is 42.6 Å². The number of ether oxygens (including phenoxy) is 2. The predicted molar refractivity (Wildman–Crippen MR) is 74.9 cm³/mol. The molecule has 0 amide bonds.